The van der Waals surface area contributed by atoms with Gasteiger partial charge in [0.15, 0.2) is 0 Å². The molecule has 2 N–H and O–H groups in total. The molecule has 7 heteroatoms. The summed E-state index contributed by atoms with van der Waals surface area (Å²) >= 11 is 0. The fourth-order valence-corrected chi connectivity index (χ4v) is 3.40. The maximum atomic E-state index is 12.3. The molecule has 3 heterocycles. The highest BCUT2D eigenvalue weighted by molar-refractivity contribution is 5.76. The zero-order valence-corrected chi connectivity index (χ0v) is 13.3. The van der Waals surface area contributed by atoms with Gasteiger partial charge in [0.2, 0.25) is 5.91 Å². The Bertz CT molecular complexity index is 500. The first-order valence-electron chi connectivity index (χ1n) is 8.11. The minimum atomic E-state index is 0.131. The average molecular weight is 306 g/mol. The highest BCUT2D eigenvalue weighted by Crippen LogP contribution is 2.17. The Morgan fingerprint density at radius 3 is 2.50 bits per heavy atom. The summed E-state index contributed by atoms with van der Waals surface area (Å²) in [6, 6.07) is 2.41. The lowest BCUT2D eigenvalue weighted by Gasteiger charge is -2.42. The number of hydrogen-bond donors (Lipinski definition) is 1. The Morgan fingerprint density at radius 1 is 1.23 bits per heavy atom. The molecule has 2 aliphatic rings. The predicted octanol–water partition coefficient (Wildman–Crippen LogP) is -0.296. The van der Waals surface area contributed by atoms with Gasteiger partial charge in [-0.1, -0.05) is 0 Å². The molecule has 22 heavy (non-hydrogen) atoms. The standard InChI is InChI=1S/C15H26N6O/c1-18-5-2-13(3-6-18)19-8-10-20(11-9-19)15(22)12-21-7-4-14(16)17-21/h4,7,13H,2-3,5-6,8-12H2,1H3,(H2,16,17). The SMILES string of the molecule is CN1CCC(N2CCN(C(=O)Cn3ccc(N)n3)CC2)CC1. The summed E-state index contributed by atoms with van der Waals surface area (Å²) in [5, 5.41) is 4.07. The van der Waals surface area contributed by atoms with Gasteiger partial charge >= 0.3 is 0 Å². The van der Waals surface area contributed by atoms with Crippen LogP contribution in [-0.2, 0) is 11.3 Å². The van der Waals surface area contributed by atoms with Crippen LogP contribution in [0.3, 0.4) is 0 Å². The highest BCUT2D eigenvalue weighted by Gasteiger charge is 2.28. The van der Waals surface area contributed by atoms with E-state index in [9.17, 15) is 4.79 Å². The number of nitrogen functional groups attached to an aromatic ring is 1. The van der Waals surface area contributed by atoms with Crippen molar-refractivity contribution >= 4 is 11.7 Å². The molecule has 0 aliphatic carbocycles. The molecular weight excluding hydrogens is 280 g/mol. The van der Waals surface area contributed by atoms with E-state index in [0.717, 1.165) is 26.2 Å². The summed E-state index contributed by atoms with van der Waals surface area (Å²) in [5.74, 6) is 0.589. The lowest BCUT2D eigenvalue weighted by Crippen LogP contribution is -2.54. The minimum absolute atomic E-state index is 0.131. The monoisotopic (exact) mass is 306 g/mol. The van der Waals surface area contributed by atoms with Gasteiger partial charge in [0.05, 0.1) is 0 Å². The molecule has 0 aromatic carbocycles. The van der Waals surface area contributed by atoms with Crippen LogP contribution in [0.4, 0.5) is 5.82 Å². The summed E-state index contributed by atoms with van der Waals surface area (Å²) in [5.41, 5.74) is 5.58. The largest absolute Gasteiger partial charge is 0.382 e. The van der Waals surface area contributed by atoms with Crippen molar-refractivity contribution < 1.29 is 4.79 Å². The maximum Gasteiger partial charge on any atom is 0.244 e. The Labute approximate surface area is 131 Å². The van der Waals surface area contributed by atoms with Crippen molar-refractivity contribution in [2.24, 2.45) is 0 Å². The Kier molecular flexibility index (Phi) is 4.63. The summed E-state index contributed by atoms with van der Waals surface area (Å²) in [6.45, 7) is 6.27. The van der Waals surface area contributed by atoms with E-state index in [-0.39, 0.29) is 12.5 Å². The summed E-state index contributed by atoms with van der Waals surface area (Å²) < 4.78 is 1.61. The molecule has 2 saturated heterocycles. The second-order valence-electron chi connectivity index (χ2n) is 6.39. The summed E-state index contributed by atoms with van der Waals surface area (Å²) in [4.78, 5) is 19.2. The van der Waals surface area contributed by atoms with Crippen molar-refractivity contribution in [2.75, 3.05) is 52.0 Å². The predicted molar refractivity (Wildman–Crippen MR) is 85.3 cm³/mol. The number of amides is 1. The van der Waals surface area contributed by atoms with E-state index < -0.39 is 0 Å². The first-order valence-corrected chi connectivity index (χ1v) is 8.11. The van der Waals surface area contributed by atoms with Crippen LogP contribution in [0.15, 0.2) is 12.3 Å². The molecule has 3 rings (SSSR count). The molecule has 0 unspecified atom stereocenters. The van der Waals surface area contributed by atoms with Crippen LogP contribution in [0.25, 0.3) is 0 Å². The van der Waals surface area contributed by atoms with Gasteiger partial charge in [-0.25, -0.2) is 0 Å². The minimum Gasteiger partial charge on any atom is -0.382 e. The quantitative estimate of drug-likeness (QED) is 0.830. The molecule has 0 radical (unpaired) electrons. The van der Waals surface area contributed by atoms with Gasteiger partial charge in [-0.2, -0.15) is 5.10 Å². The van der Waals surface area contributed by atoms with Gasteiger partial charge in [0, 0.05) is 38.4 Å². The van der Waals surface area contributed by atoms with Crippen LogP contribution >= 0.6 is 0 Å². The summed E-state index contributed by atoms with van der Waals surface area (Å²) in [7, 11) is 2.19. The van der Waals surface area contributed by atoms with E-state index in [0.29, 0.717) is 11.9 Å². The van der Waals surface area contributed by atoms with Crippen LogP contribution in [0.5, 0.6) is 0 Å². The molecule has 0 spiro atoms. The van der Waals surface area contributed by atoms with Crippen LogP contribution < -0.4 is 5.73 Å². The second kappa shape index (κ2) is 6.66. The molecule has 2 aliphatic heterocycles. The van der Waals surface area contributed by atoms with Gasteiger partial charge in [-0.05, 0) is 39.0 Å². The number of nitrogens with zero attached hydrogens (tertiary/aromatic N) is 5. The molecule has 1 amide bonds. The van der Waals surface area contributed by atoms with Gasteiger partial charge in [-0.3, -0.25) is 14.4 Å². The van der Waals surface area contributed by atoms with Gasteiger partial charge in [0.1, 0.15) is 12.4 Å². The molecule has 0 bridgehead atoms. The van der Waals surface area contributed by atoms with E-state index >= 15 is 0 Å². The van der Waals surface area contributed by atoms with E-state index in [1.54, 1.807) is 16.9 Å². The Morgan fingerprint density at radius 2 is 1.91 bits per heavy atom. The molecule has 0 atom stereocenters. The van der Waals surface area contributed by atoms with Gasteiger partial charge in [-0.15, -0.1) is 0 Å². The van der Waals surface area contributed by atoms with Gasteiger partial charge in [0.25, 0.3) is 0 Å². The van der Waals surface area contributed by atoms with Crippen molar-refractivity contribution in [3.8, 4) is 0 Å². The number of hydrogen-bond acceptors (Lipinski definition) is 5. The zero-order valence-electron chi connectivity index (χ0n) is 13.3. The van der Waals surface area contributed by atoms with Crippen molar-refractivity contribution in [3.05, 3.63) is 12.3 Å². The van der Waals surface area contributed by atoms with E-state index in [1.807, 2.05) is 4.90 Å². The number of piperidine rings is 1. The average Bonchev–Trinajstić information content (AvgIpc) is 2.93. The van der Waals surface area contributed by atoms with Crippen molar-refractivity contribution in [3.63, 3.8) is 0 Å². The fourth-order valence-electron chi connectivity index (χ4n) is 3.40. The number of nitrogens with two attached hydrogens (primary N) is 1. The van der Waals surface area contributed by atoms with E-state index in [1.165, 1.54) is 25.9 Å². The highest BCUT2D eigenvalue weighted by atomic mass is 16.2. The Hall–Kier alpha value is -1.60. The molecule has 122 valence electrons. The summed E-state index contributed by atoms with van der Waals surface area (Å²) in [6.07, 6.45) is 4.25. The maximum absolute atomic E-state index is 12.3. The molecular formula is C15H26N6O. The number of carbonyl (C=O) groups is 1. The third kappa shape index (κ3) is 3.59. The third-order valence-electron chi connectivity index (χ3n) is 4.83. The lowest BCUT2D eigenvalue weighted by molar-refractivity contribution is -0.134. The Balaban J connectivity index is 1.46. The lowest BCUT2D eigenvalue weighted by atomic mass is 10.0. The number of carbonyl (C=O) groups excluding carboxylic acids is 1. The topological polar surface area (TPSA) is 70.6 Å². The van der Waals surface area contributed by atoms with E-state index in [4.69, 9.17) is 5.73 Å². The molecule has 7 nitrogen and oxygen atoms in total. The smallest absolute Gasteiger partial charge is 0.244 e. The first-order chi connectivity index (χ1) is 10.6. The number of anilines is 1. The first kappa shape index (κ1) is 15.3. The van der Waals surface area contributed by atoms with Crippen LogP contribution in [0.1, 0.15) is 12.8 Å². The van der Waals surface area contributed by atoms with E-state index in [2.05, 4.69) is 21.9 Å². The molecule has 1 aromatic heterocycles. The normalized spacial score (nSPS) is 22.1. The van der Waals surface area contributed by atoms with Crippen LogP contribution in [0, 0.1) is 0 Å². The number of aromatic nitrogens is 2. The number of piperazine rings is 1. The fraction of sp³-hybridized carbons (Fsp3) is 0.733. The van der Waals surface area contributed by atoms with Crippen LogP contribution in [0.2, 0.25) is 0 Å². The van der Waals surface area contributed by atoms with Crippen LogP contribution in [-0.4, -0.2) is 82.7 Å². The third-order valence-corrected chi connectivity index (χ3v) is 4.83. The molecule has 0 saturated carbocycles. The second-order valence-corrected chi connectivity index (χ2v) is 6.39. The van der Waals surface area contributed by atoms with Crippen molar-refractivity contribution in [2.45, 2.75) is 25.4 Å². The zero-order chi connectivity index (χ0) is 15.5. The number of rotatable bonds is 3. The molecule has 1 aromatic rings. The number of likely N-dealkylation sites (tertiary alicyclic amines) is 1. The van der Waals surface area contributed by atoms with Gasteiger partial charge < -0.3 is 15.5 Å². The molecule has 2 fully saturated rings. The van der Waals surface area contributed by atoms with Crippen molar-refractivity contribution in [1.82, 2.24) is 24.5 Å². The van der Waals surface area contributed by atoms with Crippen molar-refractivity contribution in [1.29, 1.82) is 0 Å².